The third-order valence-electron chi connectivity index (χ3n) is 4.87. The number of thioether (sulfide) groups is 1. The molecule has 0 aliphatic heterocycles. The van der Waals surface area contributed by atoms with Crippen LogP contribution in [-0.2, 0) is 36.2 Å². The molecule has 2 rings (SSSR count). The van der Waals surface area contributed by atoms with Gasteiger partial charge in [0.05, 0.1) is 19.3 Å². The van der Waals surface area contributed by atoms with Crippen molar-refractivity contribution in [3.05, 3.63) is 71.8 Å². The number of nitrogens with one attached hydrogen (secondary N) is 3. The van der Waals surface area contributed by atoms with E-state index in [0.29, 0.717) is 5.75 Å². The average molecular weight is 530 g/mol. The van der Waals surface area contributed by atoms with Gasteiger partial charge in [-0.2, -0.15) is 0 Å². The van der Waals surface area contributed by atoms with Crippen LogP contribution in [0.2, 0.25) is 0 Å². The number of hydrogen-bond donors (Lipinski definition) is 3. The molecular weight excluding hydrogens is 494 g/mol. The molecule has 0 aliphatic carbocycles. The maximum Gasteiger partial charge on any atom is 0.408 e. The first kappa shape index (κ1) is 29.9. The Bertz CT molecular complexity index is 1030. The quantitative estimate of drug-likeness (QED) is 0.386. The summed E-state index contributed by atoms with van der Waals surface area (Å²) in [4.78, 5) is 49.6. The van der Waals surface area contributed by atoms with Gasteiger partial charge in [0.2, 0.25) is 16.9 Å². The largest absolute Gasteiger partial charge is 0.444 e. The van der Waals surface area contributed by atoms with E-state index in [2.05, 4.69) is 16.0 Å². The smallest absolute Gasteiger partial charge is 0.408 e. The number of carbonyl (C=O) groups is 4. The van der Waals surface area contributed by atoms with Gasteiger partial charge in [-0.1, -0.05) is 72.4 Å². The number of benzene rings is 2. The fourth-order valence-electron chi connectivity index (χ4n) is 3.04. The van der Waals surface area contributed by atoms with Crippen LogP contribution in [-0.4, -0.2) is 53.9 Å². The fourth-order valence-corrected chi connectivity index (χ4v) is 3.74. The van der Waals surface area contributed by atoms with E-state index in [0.717, 1.165) is 22.9 Å². The summed E-state index contributed by atoms with van der Waals surface area (Å²) in [5, 5.41) is 7.31. The van der Waals surface area contributed by atoms with Crippen molar-refractivity contribution in [2.75, 3.05) is 13.1 Å². The predicted octanol–water partition coefficient (Wildman–Crippen LogP) is 3.18. The lowest BCUT2D eigenvalue weighted by molar-refractivity contribution is -0.133. The summed E-state index contributed by atoms with van der Waals surface area (Å²) in [7, 11) is 0. The van der Waals surface area contributed by atoms with E-state index in [9.17, 15) is 19.2 Å². The van der Waals surface area contributed by atoms with Crippen LogP contribution < -0.4 is 16.0 Å². The summed E-state index contributed by atoms with van der Waals surface area (Å²) in [6.07, 6.45) is -1.48. The molecule has 2 atom stereocenters. The van der Waals surface area contributed by atoms with E-state index in [-0.39, 0.29) is 18.3 Å². The van der Waals surface area contributed by atoms with E-state index in [4.69, 9.17) is 9.47 Å². The van der Waals surface area contributed by atoms with E-state index in [1.807, 2.05) is 60.7 Å². The summed E-state index contributed by atoms with van der Waals surface area (Å²) in [5.74, 6) is -0.686. The van der Waals surface area contributed by atoms with Crippen LogP contribution in [0.3, 0.4) is 0 Å². The molecule has 0 heterocycles. The summed E-state index contributed by atoms with van der Waals surface area (Å²) in [6, 6.07) is 17.8. The normalized spacial score (nSPS) is 12.6. The van der Waals surface area contributed by atoms with Gasteiger partial charge in [0.1, 0.15) is 18.2 Å². The highest BCUT2D eigenvalue weighted by Gasteiger charge is 2.28. The van der Waals surface area contributed by atoms with Crippen molar-refractivity contribution < 1.29 is 28.7 Å². The molecule has 0 spiro atoms. The second kappa shape index (κ2) is 15.0. The van der Waals surface area contributed by atoms with Gasteiger partial charge in [-0.3, -0.25) is 14.4 Å². The highest BCUT2D eigenvalue weighted by Crippen LogP contribution is 2.12. The Morgan fingerprint density at radius 3 is 2.05 bits per heavy atom. The lowest BCUT2D eigenvalue weighted by Gasteiger charge is -2.25. The Morgan fingerprint density at radius 2 is 1.46 bits per heavy atom. The monoisotopic (exact) mass is 529 g/mol. The number of rotatable bonds is 12. The number of alkyl carbamates (subject to hydrolysis) is 1. The molecule has 3 amide bonds. The Labute approximate surface area is 222 Å². The molecule has 10 heteroatoms. The minimum absolute atomic E-state index is 0.204. The Hall–Kier alpha value is -3.37. The van der Waals surface area contributed by atoms with E-state index >= 15 is 0 Å². The number of amides is 3. The van der Waals surface area contributed by atoms with Gasteiger partial charge >= 0.3 is 6.09 Å². The molecule has 3 N–H and O–H groups in total. The van der Waals surface area contributed by atoms with Gasteiger partial charge in [-0.15, -0.1) is 0 Å². The van der Waals surface area contributed by atoms with E-state index in [1.54, 1.807) is 27.7 Å². The zero-order chi connectivity index (χ0) is 27.3. The van der Waals surface area contributed by atoms with Gasteiger partial charge in [-0.05, 0) is 38.8 Å². The van der Waals surface area contributed by atoms with Gasteiger partial charge in [0.15, 0.2) is 0 Å². The number of ether oxygens (including phenoxy) is 2. The zero-order valence-corrected chi connectivity index (χ0v) is 22.4. The second-order valence-corrected chi connectivity index (χ2v) is 10.3. The van der Waals surface area contributed by atoms with Crippen LogP contribution in [0, 0.1) is 0 Å². The van der Waals surface area contributed by atoms with Crippen molar-refractivity contribution in [3.8, 4) is 0 Å². The molecule has 0 aromatic heterocycles. The standard InChI is InChI=1S/C27H35N3O6S/c1-19(35-17-20-11-7-5-8-12-20)24(30-22(31)15-29-26(34)36-27(2,3)4)25(33)28-16-23(32)37-18-21-13-9-6-10-14-21/h5-14,19,24H,15-18H2,1-4H3,(H,28,33)(H,29,34)(H,30,31)/t19-,24+/m1/s1. The lowest BCUT2D eigenvalue weighted by Crippen LogP contribution is -2.55. The van der Waals surface area contributed by atoms with Crippen molar-refractivity contribution >= 4 is 34.8 Å². The summed E-state index contributed by atoms with van der Waals surface area (Å²) >= 11 is 1.10. The van der Waals surface area contributed by atoms with Crippen molar-refractivity contribution in [1.29, 1.82) is 0 Å². The Kier molecular flexibility index (Phi) is 12.1. The first-order chi connectivity index (χ1) is 17.5. The van der Waals surface area contributed by atoms with Crippen LogP contribution in [0.15, 0.2) is 60.7 Å². The molecule has 200 valence electrons. The molecule has 9 nitrogen and oxygen atoms in total. The van der Waals surface area contributed by atoms with Crippen LogP contribution in [0.5, 0.6) is 0 Å². The third-order valence-corrected chi connectivity index (χ3v) is 5.81. The summed E-state index contributed by atoms with van der Waals surface area (Å²) in [5.41, 5.74) is 1.19. The maximum absolute atomic E-state index is 13.0. The molecule has 0 aliphatic rings. The average Bonchev–Trinajstić information content (AvgIpc) is 2.86. The van der Waals surface area contributed by atoms with Gasteiger partial charge < -0.3 is 25.4 Å². The van der Waals surface area contributed by atoms with Crippen LogP contribution >= 0.6 is 11.8 Å². The molecule has 0 unspecified atom stereocenters. The van der Waals surface area contributed by atoms with Crippen molar-refractivity contribution in [3.63, 3.8) is 0 Å². The minimum Gasteiger partial charge on any atom is -0.444 e. The molecule has 0 saturated heterocycles. The number of hydrogen-bond acceptors (Lipinski definition) is 7. The number of carbonyl (C=O) groups excluding carboxylic acids is 4. The minimum atomic E-state index is -1.09. The van der Waals surface area contributed by atoms with Gasteiger partial charge in [0.25, 0.3) is 0 Å². The van der Waals surface area contributed by atoms with Crippen molar-refractivity contribution in [2.45, 2.75) is 57.8 Å². The van der Waals surface area contributed by atoms with Crippen LogP contribution in [0.25, 0.3) is 0 Å². The van der Waals surface area contributed by atoms with Crippen LogP contribution in [0.1, 0.15) is 38.8 Å². The Morgan fingerprint density at radius 1 is 0.865 bits per heavy atom. The zero-order valence-electron chi connectivity index (χ0n) is 21.6. The van der Waals surface area contributed by atoms with Gasteiger partial charge in [0, 0.05) is 5.75 Å². The SMILES string of the molecule is C[C@@H](OCc1ccccc1)[C@H](NC(=O)CNC(=O)OC(C)(C)C)C(=O)NCC(=O)SCc1ccccc1. The molecule has 0 fully saturated rings. The van der Waals surface area contributed by atoms with Crippen molar-refractivity contribution in [1.82, 2.24) is 16.0 Å². The Balaban J connectivity index is 1.93. The van der Waals surface area contributed by atoms with Crippen LogP contribution in [0.4, 0.5) is 4.79 Å². The van der Waals surface area contributed by atoms with E-state index in [1.165, 1.54) is 0 Å². The maximum atomic E-state index is 13.0. The molecule has 37 heavy (non-hydrogen) atoms. The lowest BCUT2D eigenvalue weighted by atomic mass is 10.1. The summed E-state index contributed by atoms with van der Waals surface area (Å²) < 4.78 is 11.0. The molecule has 2 aromatic carbocycles. The first-order valence-electron chi connectivity index (χ1n) is 11.9. The second-order valence-electron chi connectivity index (χ2n) is 9.27. The fraction of sp³-hybridized carbons (Fsp3) is 0.407. The third kappa shape index (κ3) is 12.4. The first-order valence-corrected chi connectivity index (χ1v) is 12.9. The molecular formula is C27H35N3O6S. The topological polar surface area (TPSA) is 123 Å². The molecule has 2 aromatic rings. The predicted molar refractivity (Wildman–Crippen MR) is 143 cm³/mol. The van der Waals surface area contributed by atoms with Gasteiger partial charge in [-0.25, -0.2) is 4.79 Å². The molecule has 0 saturated carbocycles. The van der Waals surface area contributed by atoms with Crippen molar-refractivity contribution in [2.24, 2.45) is 0 Å². The van der Waals surface area contributed by atoms with E-state index < -0.39 is 42.2 Å². The highest BCUT2D eigenvalue weighted by molar-refractivity contribution is 8.13. The summed E-state index contributed by atoms with van der Waals surface area (Å²) in [6.45, 7) is 6.40. The molecule has 0 radical (unpaired) electrons. The highest BCUT2D eigenvalue weighted by atomic mass is 32.2. The molecule has 0 bridgehead atoms.